The van der Waals surface area contributed by atoms with Crippen molar-refractivity contribution in [3.63, 3.8) is 0 Å². The summed E-state index contributed by atoms with van der Waals surface area (Å²) in [6.45, 7) is 7.12. The van der Waals surface area contributed by atoms with Crippen molar-refractivity contribution in [2.75, 3.05) is 32.8 Å². The summed E-state index contributed by atoms with van der Waals surface area (Å²) >= 11 is 0. The summed E-state index contributed by atoms with van der Waals surface area (Å²) in [5.41, 5.74) is 1.21. The molecule has 2 aliphatic rings. The Bertz CT molecular complexity index is 523. The Morgan fingerprint density at radius 3 is 2.58 bits per heavy atom. The molecule has 2 saturated heterocycles. The van der Waals surface area contributed by atoms with Gasteiger partial charge in [0.1, 0.15) is 5.75 Å². The third kappa shape index (κ3) is 4.50. The van der Waals surface area contributed by atoms with Gasteiger partial charge in [-0.2, -0.15) is 0 Å². The minimum atomic E-state index is 0.325. The maximum Gasteiger partial charge on any atom is 0.223 e. The molecule has 132 valence electrons. The fourth-order valence-electron chi connectivity index (χ4n) is 3.93. The first-order chi connectivity index (χ1) is 11.8. The van der Waals surface area contributed by atoms with Crippen molar-refractivity contribution in [2.45, 2.75) is 51.5 Å². The second-order valence-electron chi connectivity index (χ2n) is 6.97. The van der Waals surface area contributed by atoms with Crippen molar-refractivity contribution >= 4 is 5.91 Å². The van der Waals surface area contributed by atoms with Crippen LogP contribution in [0.25, 0.3) is 0 Å². The zero-order valence-corrected chi connectivity index (χ0v) is 14.9. The van der Waals surface area contributed by atoms with Crippen molar-refractivity contribution in [1.29, 1.82) is 0 Å². The summed E-state index contributed by atoms with van der Waals surface area (Å²) in [6, 6.07) is 8.58. The summed E-state index contributed by atoms with van der Waals surface area (Å²) in [5.74, 6) is 1.23. The molecule has 0 spiro atoms. The van der Waals surface area contributed by atoms with Gasteiger partial charge in [-0.15, -0.1) is 0 Å². The highest BCUT2D eigenvalue weighted by atomic mass is 16.5. The number of amides is 1. The highest BCUT2D eigenvalue weighted by Crippen LogP contribution is 2.22. The van der Waals surface area contributed by atoms with E-state index in [0.717, 1.165) is 31.7 Å². The lowest BCUT2D eigenvalue weighted by molar-refractivity contribution is -0.132. The Kier molecular flexibility index (Phi) is 6.13. The maximum atomic E-state index is 12.7. The van der Waals surface area contributed by atoms with Gasteiger partial charge in [-0.3, -0.25) is 4.79 Å². The molecule has 1 atom stereocenters. The number of hydrogen-bond acceptors (Lipinski definition) is 3. The van der Waals surface area contributed by atoms with Gasteiger partial charge in [-0.05, 0) is 69.8 Å². The summed E-state index contributed by atoms with van der Waals surface area (Å²) in [7, 11) is 0. The van der Waals surface area contributed by atoms with Gasteiger partial charge in [0, 0.05) is 25.6 Å². The molecule has 2 heterocycles. The maximum absolute atomic E-state index is 12.7. The first kappa shape index (κ1) is 17.3. The topological polar surface area (TPSA) is 32.8 Å². The quantitative estimate of drug-likeness (QED) is 0.770. The molecule has 4 nitrogen and oxygen atoms in total. The molecule has 0 N–H and O–H groups in total. The van der Waals surface area contributed by atoms with Crippen LogP contribution in [0, 0.1) is 0 Å². The van der Waals surface area contributed by atoms with Crippen molar-refractivity contribution in [3.8, 4) is 5.75 Å². The molecule has 3 rings (SSSR count). The molecule has 0 aromatic heterocycles. The van der Waals surface area contributed by atoms with Crippen LogP contribution < -0.4 is 4.74 Å². The van der Waals surface area contributed by atoms with Gasteiger partial charge in [-0.1, -0.05) is 12.1 Å². The number of rotatable bonds is 7. The van der Waals surface area contributed by atoms with Gasteiger partial charge < -0.3 is 14.5 Å². The van der Waals surface area contributed by atoms with Crippen LogP contribution in [0.15, 0.2) is 24.3 Å². The molecular formula is C20H30N2O2. The second kappa shape index (κ2) is 8.52. The predicted molar refractivity (Wildman–Crippen MR) is 96.3 cm³/mol. The summed E-state index contributed by atoms with van der Waals surface area (Å²) in [5, 5.41) is 0. The molecule has 0 aliphatic carbocycles. The standard InChI is InChI=1S/C20H30N2O2/c1-2-24-19-10-7-17(8-11-19)9-12-20(23)22-15-5-6-18(22)16-21-13-3-4-14-21/h7-8,10-11,18H,2-6,9,12-16H2,1H3/t18-/m0/s1. The Balaban J connectivity index is 1.48. The average Bonchev–Trinajstić information content (AvgIpc) is 3.27. The highest BCUT2D eigenvalue weighted by molar-refractivity contribution is 5.77. The lowest BCUT2D eigenvalue weighted by Crippen LogP contribution is -2.42. The van der Waals surface area contributed by atoms with Crippen LogP contribution in [0.3, 0.4) is 0 Å². The fourth-order valence-corrected chi connectivity index (χ4v) is 3.93. The van der Waals surface area contributed by atoms with Crippen molar-refractivity contribution < 1.29 is 9.53 Å². The van der Waals surface area contributed by atoms with Crippen LogP contribution in [-0.2, 0) is 11.2 Å². The lowest BCUT2D eigenvalue weighted by atomic mass is 10.1. The number of ether oxygens (including phenoxy) is 1. The Hall–Kier alpha value is -1.55. The Morgan fingerprint density at radius 1 is 1.12 bits per heavy atom. The SMILES string of the molecule is CCOc1ccc(CCC(=O)N2CCC[C@H]2CN2CCCC2)cc1. The molecule has 2 fully saturated rings. The smallest absolute Gasteiger partial charge is 0.223 e. The fraction of sp³-hybridized carbons (Fsp3) is 0.650. The lowest BCUT2D eigenvalue weighted by Gasteiger charge is -2.28. The molecule has 0 saturated carbocycles. The van der Waals surface area contributed by atoms with E-state index in [1.165, 1.54) is 37.9 Å². The van der Waals surface area contributed by atoms with E-state index in [2.05, 4.69) is 21.9 Å². The number of benzene rings is 1. The third-order valence-electron chi connectivity index (χ3n) is 5.23. The molecule has 1 amide bonds. The van der Waals surface area contributed by atoms with Crippen LogP contribution in [0.5, 0.6) is 5.75 Å². The zero-order chi connectivity index (χ0) is 16.8. The van der Waals surface area contributed by atoms with E-state index in [0.29, 0.717) is 25.0 Å². The predicted octanol–water partition coefficient (Wildman–Crippen LogP) is 3.10. The number of carbonyl (C=O) groups is 1. The second-order valence-corrected chi connectivity index (χ2v) is 6.97. The van der Waals surface area contributed by atoms with Crippen LogP contribution in [0.1, 0.15) is 44.6 Å². The van der Waals surface area contributed by atoms with Crippen LogP contribution in [0.4, 0.5) is 0 Å². The van der Waals surface area contributed by atoms with E-state index in [4.69, 9.17) is 4.74 Å². The van der Waals surface area contributed by atoms with Gasteiger partial charge in [0.05, 0.1) is 6.61 Å². The molecule has 24 heavy (non-hydrogen) atoms. The van der Waals surface area contributed by atoms with Gasteiger partial charge in [0.25, 0.3) is 0 Å². The molecule has 1 aromatic carbocycles. The average molecular weight is 330 g/mol. The van der Waals surface area contributed by atoms with Crippen LogP contribution in [0.2, 0.25) is 0 Å². The van der Waals surface area contributed by atoms with Crippen LogP contribution >= 0.6 is 0 Å². The van der Waals surface area contributed by atoms with E-state index in [1.54, 1.807) is 0 Å². The van der Waals surface area contributed by atoms with Crippen molar-refractivity contribution in [1.82, 2.24) is 9.80 Å². The summed E-state index contributed by atoms with van der Waals surface area (Å²) in [4.78, 5) is 17.3. The number of carbonyl (C=O) groups excluding carboxylic acids is 1. The van der Waals surface area contributed by atoms with Gasteiger partial charge >= 0.3 is 0 Å². The number of nitrogens with zero attached hydrogens (tertiary/aromatic N) is 2. The molecule has 2 aliphatic heterocycles. The van der Waals surface area contributed by atoms with E-state index >= 15 is 0 Å². The minimum absolute atomic E-state index is 0.325. The summed E-state index contributed by atoms with van der Waals surface area (Å²) < 4.78 is 5.47. The van der Waals surface area contributed by atoms with E-state index < -0.39 is 0 Å². The van der Waals surface area contributed by atoms with Gasteiger partial charge in [0.2, 0.25) is 5.91 Å². The monoisotopic (exact) mass is 330 g/mol. The van der Waals surface area contributed by atoms with E-state index in [1.807, 2.05) is 19.1 Å². The van der Waals surface area contributed by atoms with Crippen molar-refractivity contribution in [3.05, 3.63) is 29.8 Å². The van der Waals surface area contributed by atoms with Crippen molar-refractivity contribution in [2.24, 2.45) is 0 Å². The first-order valence-corrected chi connectivity index (χ1v) is 9.50. The first-order valence-electron chi connectivity index (χ1n) is 9.50. The number of likely N-dealkylation sites (tertiary alicyclic amines) is 2. The zero-order valence-electron chi connectivity index (χ0n) is 14.9. The normalized spacial score (nSPS) is 21.4. The van der Waals surface area contributed by atoms with Gasteiger partial charge in [0.15, 0.2) is 0 Å². The molecular weight excluding hydrogens is 300 g/mol. The molecule has 0 unspecified atom stereocenters. The Labute approximate surface area is 145 Å². The molecule has 4 heteroatoms. The van der Waals surface area contributed by atoms with Crippen LogP contribution in [-0.4, -0.2) is 54.5 Å². The van der Waals surface area contributed by atoms with E-state index in [-0.39, 0.29) is 0 Å². The Morgan fingerprint density at radius 2 is 1.88 bits per heavy atom. The number of hydrogen-bond donors (Lipinski definition) is 0. The highest BCUT2D eigenvalue weighted by Gasteiger charge is 2.30. The molecule has 0 bridgehead atoms. The van der Waals surface area contributed by atoms with E-state index in [9.17, 15) is 4.79 Å². The largest absolute Gasteiger partial charge is 0.494 e. The molecule has 1 aromatic rings. The number of aryl methyl sites for hydroxylation is 1. The van der Waals surface area contributed by atoms with Gasteiger partial charge in [-0.25, -0.2) is 0 Å². The molecule has 0 radical (unpaired) electrons. The summed E-state index contributed by atoms with van der Waals surface area (Å²) in [6.07, 6.45) is 6.40. The third-order valence-corrected chi connectivity index (χ3v) is 5.23. The minimum Gasteiger partial charge on any atom is -0.494 e.